The third kappa shape index (κ3) is 3.94. The van der Waals surface area contributed by atoms with Gasteiger partial charge in [0.05, 0.1) is 6.07 Å². The average molecular weight is 310 g/mol. The summed E-state index contributed by atoms with van der Waals surface area (Å²) >= 11 is 3.41. The Morgan fingerprint density at radius 2 is 1.68 bits per heavy atom. The van der Waals surface area contributed by atoms with Gasteiger partial charge in [0.25, 0.3) is 0 Å². The Bertz CT molecular complexity index is 631. The largest absolute Gasteiger partial charge is 0.193 e. The van der Waals surface area contributed by atoms with Crippen molar-refractivity contribution in [3.05, 3.63) is 82.3 Å². The zero-order valence-corrected chi connectivity index (χ0v) is 11.8. The molecule has 0 saturated carbocycles. The van der Waals surface area contributed by atoms with E-state index >= 15 is 0 Å². The lowest BCUT2D eigenvalue weighted by molar-refractivity contribution is 1.53. The molecule has 2 aromatic rings. The molecule has 0 heterocycles. The Kier molecular flexibility index (Phi) is 4.72. The molecule has 0 fully saturated rings. The van der Waals surface area contributed by atoms with E-state index < -0.39 is 0 Å². The minimum atomic E-state index is 0.902. The molecule has 2 rings (SSSR count). The molecular weight excluding hydrogens is 298 g/mol. The van der Waals surface area contributed by atoms with Crippen molar-refractivity contribution < 1.29 is 0 Å². The van der Waals surface area contributed by atoms with Gasteiger partial charge in [-0.25, -0.2) is 0 Å². The summed E-state index contributed by atoms with van der Waals surface area (Å²) in [6, 6.07) is 20.0. The van der Waals surface area contributed by atoms with E-state index in [1.165, 1.54) is 0 Å². The summed E-state index contributed by atoms with van der Waals surface area (Å²) < 4.78 is 1.03. The fraction of sp³-hybridized carbons (Fsp3) is 0. The van der Waals surface area contributed by atoms with E-state index in [0.29, 0.717) is 0 Å². The number of hydrogen-bond donors (Lipinski definition) is 0. The SMILES string of the molecule is N#C/C=C(/C=C/c1ccccc1)c1ccc(Br)cc1. The van der Waals surface area contributed by atoms with Gasteiger partial charge in [0.2, 0.25) is 0 Å². The topological polar surface area (TPSA) is 23.8 Å². The molecule has 1 nitrogen and oxygen atoms in total. The highest BCUT2D eigenvalue weighted by molar-refractivity contribution is 9.10. The van der Waals surface area contributed by atoms with Crippen molar-refractivity contribution in [2.75, 3.05) is 0 Å². The van der Waals surface area contributed by atoms with Gasteiger partial charge in [-0.05, 0) is 28.8 Å². The monoisotopic (exact) mass is 309 g/mol. The van der Waals surface area contributed by atoms with E-state index in [1.54, 1.807) is 6.08 Å². The second-order valence-corrected chi connectivity index (χ2v) is 4.90. The van der Waals surface area contributed by atoms with Crippen LogP contribution in [0.15, 0.2) is 71.2 Å². The highest BCUT2D eigenvalue weighted by atomic mass is 79.9. The molecule has 92 valence electrons. The summed E-state index contributed by atoms with van der Waals surface area (Å²) in [6.07, 6.45) is 5.52. The van der Waals surface area contributed by atoms with Gasteiger partial charge in [0.1, 0.15) is 0 Å². The van der Waals surface area contributed by atoms with E-state index in [0.717, 1.165) is 21.2 Å². The Morgan fingerprint density at radius 3 is 2.32 bits per heavy atom. The van der Waals surface area contributed by atoms with Gasteiger partial charge in [-0.3, -0.25) is 0 Å². The van der Waals surface area contributed by atoms with Crippen LogP contribution >= 0.6 is 15.9 Å². The summed E-state index contributed by atoms with van der Waals surface area (Å²) in [5, 5.41) is 8.88. The molecule has 0 amide bonds. The quantitative estimate of drug-likeness (QED) is 0.573. The second-order valence-electron chi connectivity index (χ2n) is 3.98. The molecule has 2 aromatic carbocycles. The number of rotatable bonds is 3. The summed E-state index contributed by atoms with van der Waals surface area (Å²) in [5.41, 5.74) is 3.04. The number of nitriles is 1. The van der Waals surface area contributed by atoms with Crippen LogP contribution in [0.1, 0.15) is 11.1 Å². The molecule has 0 bridgehead atoms. The van der Waals surface area contributed by atoms with Crippen molar-refractivity contribution in [3.63, 3.8) is 0 Å². The van der Waals surface area contributed by atoms with Gasteiger partial charge in [0, 0.05) is 10.5 Å². The van der Waals surface area contributed by atoms with Crippen LogP contribution in [0, 0.1) is 11.3 Å². The Hall–Kier alpha value is -2.11. The predicted molar refractivity (Wildman–Crippen MR) is 83.2 cm³/mol. The maximum Gasteiger partial charge on any atom is 0.0918 e. The molecule has 19 heavy (non-hydrogen) atoms. The van der Waals surface area contributed by atoms with Gasteiger partial charge in [-0.1, -0.05) is 70.5 Å². The lowest BCUT2D eigenvalue weighted by Gasteiger charge is -2.01. The third-order valence-corrected chi connectivity index (χ3v) is 3.18. The molecule has 0 aliphatic carbocycles. The standard InChI is InChI=1S/C17H12BrN/c18-17-10-8-15(9-11-17)16(12-13-19)7-6-14-4-2-1-3-5-14/h1-12H/b7-6+,16-12-. The Labute approximate surface area is 121 Å². The van der Waals surface area contributed by atoms with Crippen molar-refractivity contribution in [1.29, 1.82) is 5.26 Å². The maximum absolute atomic E-state index is 8.88. The zero-order valence-electron chi connectivity index (χ0n) is 10.3. The minimum Gasteiger partial charge on any atom is -0.193 e. The molecule has 0 atom stereocenters. The van der Waals surface area contributed by atoms with E-state index in [9.17, 15) is 0 Å². The van der Waals surface area contributed by atoms with Crippen molar-refractivity contribution >= 4 is 27.6 Å². The van der Waals surface area contributed by atoms with E-state index in [-0.39, 0.29) is 0 Å². The van der Waals surface area contributed by atoms with Crippen LogP contribution in [0.3, 0.4) is 0 Å². The smallest absolute Gasteiger partial charge is 0.0918 e. The summed E-state index contributed by atoms with van der Waals surface area (Å²) in [4.78, 5) is 0. The molecule has 0 N–H and O–H groups in total. The lowest BCUT2D eigenvalue weighted by atomic mass is 10.0. The average Bonchev–Trinajstić information content (AvgIpc) is 2.46. The molecular formula is C17H12BrN. The first-order valence-electron chi connectivity index (χ1n) is 5.88. The molecule has 0 aromatic heterocycles. The van der Waals surface area contributed by atoms with Crippen molar-refractivity contribution in [3.8, 4) is 6.07 Å². The highest BCUT2D eigenvalue weighted by Crippen LogP contribution is 2.20. The molecule has 0 spiro atoms. The van der Waals surface area contributed by atoms with Gasteiger partial charge < -0.3 is 0 Å². The number of allylic oxidation sites excluding steroid dienone is 3. The van der Waals surface area contributed by atoms with Crippen LogP contribution in [0.25, 0.3) is 11.6 Å². The third-order valence-electron chi connectivity index (χ3n) is 2.65. The van der Waals surface area contributed by atoms with E-state index in [1.807, 2.05) is 66.7 Å². The maximum atomic E-state index is 8.88. The van der Waals surface area contributed by atoms with Crippen LogP contribution in [-0.2, 0) is 0 Å². The minimum absolute atomic E-state index is 0.902. The fourth-order valence-corrected chi connectivity index (χ4v) is 1.95. The molecule has 0 saturated heterocycles. The zero-order chi connectivity index (χ0) is 13.5. The predicted octanol–water partition coefficient (Wildman–Crippen LogP) is 5.07. The number of nitrogens with zero attached hydrogens (tertiary/aromatic N) is 1. The summed E-state index contributed by atoms with van der Waals surface area (Å²) in [7, 11) is 0. The van der Waals surface area contributed by atoms with Crippen molar-refractivity contribution in [2.24, 2.45) is 0 Å². The first-order chi connectivity index (χ1) is 9.29. The number of halogens is 1. The van der Waals surface area contributed by atoms with Crippen LogP contribution in [0.5, 0.6) is 0 Å². The fourth-order valence-electron chi connectivity index (χ4n) is 1.69. The van der Waals surface area contributed by atoms with Gasteiger partial charge in [-0.15, -0.1) is 0 Å². The molecule has 0 radical (unpaired) electrons. The Balaban J connectivity index is 2.28. The molecule has 0 unspecified atom stereocenters. The van der Waals surface area contributed by atoms with Crippen LogP contribution in [-0.4, -0.2) is 0 Å². The number of benzene rings is 2. The summed E-state index contributed by atoms with van der Waals surface area (Å²) in [6.45, 7) is 0. The first kappa shape index (κ1) is 13.3. The molecule has 0 aliphatic rings. The molecule has 2 heteroatoms. The van der Waals surface area contributed by atoms with Crippen molar-refractivity contribution in [2.45, 2.75) is 0 Å². The summed E-state index contributed by atoms with van der Waals surface area (Å²) in [5.74, 6) is 0. The van der Waals surface area contributed by atoms with E-state index in [4.69, 9.17) is 5.26 Å². The van der Waals surface area contributed by atoms with Gasteiger partial charge in [-0.2, -0.15) is 5.26 Å². The second kappa shape index (κ2) is 6.72. The normalized spacial score (nSPS) is 11.5. The molecule has 0 aliphatic heterocycles. The van der Waals surface area contributed by atoms with Crippen LogP contribution in [0.2, 0.25) is 0 Å². The van der Waals surface area contributed by atoms with Crippen molar-refractivity contribution in [1.82, 2.24) is 0 Å². The number of hydrogen-bond acceptors (Lipinski definition) is 1. The van der Waals surface area contributed by atoms with Crippen LogP contribution in [0.4, 0.5) is 0 Å². The lowest BCUT2D eigenvalue weighted by Crippen LogP contribution is -1.80. The highest BCUT2D eigenvalue weighted by Gasteiger charge is 1.97. The first-order valence-corrected chi connectivity index (χ1v) is 6.68. The van der Waals surface area contributed by atoms with Gasteiger partial charge in [0.15, 0.2) is 0 Å². The van der Waals surface area contributed by atoms with Gasteiger partial charge >= 0.3 is 0 Å². The Morgan fingerprint density at radius 1 is 1.00 bits per heavy atom. The van der Waals surface area contributed by atoms with E-state index in [2.05, 4.69) is 22.0 Å². The van der Waals surface area contributed by atoms with Crippen LogP contribution < -0.4 is 0 Å².